The van der Waals surface area contributed by atoms with E-state index in [1.807, 2.05) is 13.8 Å². The van der Waals surface area contributed by atoms with E-state index in [-0.39, 0.29) is 41.9 Å². The van der Waals surface area contributed by atoms with E-state index in [2.05, 4.69) is 6.92 Å². The zero-order valence-corrected chi connectivity index (χ0v) is 25.2. The van der Waals surface area contributed by atoms with Crippen molar-refractivity contribution in [2.45, 2.75) is 86.6 Å². The number of aliphatic hydroxyl groups is 1. The van der Waals surface area contributed by atoms with Gasteiger partial charge in [-0.15, -0.1) is 0 Å². The van der Waals surface area contributed by atoms with Gasteiger partial charge in [0, 0.05) is 0 Å². The van der Waals surface area contributed by atoms with Gasteiger partial charge >= 0.3 is 212 Å². The van der Waals surface area contributed by atoms with Gasteiger partial charge in [0.25, 0.3) is 0 Å². The third kappa shape index (κ3) is 8.53. The van der Waals surface area contributed by atoms with E-state index in [0.29, 0.717) is 18.8 Å². The Morgan fingerprint density at radius 1 is 0.818 bits per heavy atom. The fourth-order valence-corrected chi connectivity index (χ4v) is 8.28. The molecule has 3 fully saturated rings. The molecule has 0 aromatic carbocycles. The summed E-state index contributed by atoms with van der Waals surface area (Å²) >= 11 is 0.993. The zero-order chi connectivity index (χ0) is 24.4. The molecular weight excluding hydrogens is 671 g/mol. The second-order valence-corrected chi connectivity index (χ2v) is 15.7. The zero-order valence-electron chi connectivity index (χ0n) is 19.9. The molecule has 3 aliphatic rings. The third-order valence-electron chi connectivity index (χ3n) is 6.09. The summed E-state index contributed by atoms with van der Waals surface area (Å²) in [6.45, 7) is 8.80. The summed E-state index contributed by atoms with van der Waals surface area (Å²) < 4.78 is 66.0. The average molecular weight is 708 g/mol. The van der Waals surface area contributed by atoms with Crippen LogP contribution in [0.15, 0.2) is 0 Å². The van der Waals surface area contributed by atoms with Crippen molar-refractivity contribution in [1.82, 2.24) is 0 Å². The van der Waals surface area contributed by atoms with Crippen LogP contribution in [-0.2, 0) is 41.4 Å². The quantitative estimate of drug-likeness (QED) is 0.254. The van der Waals surface area contributed by atoms with E-state index in [0.717, 1.165) is 31.1 Å². The molecule has 3 saturated heterocycles. The molecule has 0 aliphatic carbocycles. The monoisotopic (exact) mass is 708 g/mol. The summed E-state index contributed by atoms with van der Waals surface area (Å²) in [4.78, 5) is 0. The third-order valence-corrected chi connectivity index (χ3v) is 9.93. The summed E-state index contributed by atoms with van der Waals surface area (Å²) in [6, 6.07) is 0. The van der Waals surface area contributed by atoms with Gasteiger partial charge in [0.1, 0.15) is 0 Å². The van der Waals surface area contributed by atoms with Gasteiger partial charge in [-0.2, -0.15) is 0 Å². The van der Waals surface area contributed by atoms with Crippen LogP contribution in [0.25, 0.3) is 0 Å². The summed E-state index contributed by atoms with van der Waals surface area (Å²) in [5, 5.41) is 9.45. The van der Waals surface area contributed by atoms with E-state index in [9.17, 15) is 14.2 Å². The molecule has 0 amide bonds. The van der Waals surface area contributed by atoms with Crippen LogP contribution in [0.1, 0.15) is 40.0 Å². The van der Waals surface area contributed by atoms with Crippen molar-refractivity contribution < 1.29 is 46.5 Å². The maximum absolute atomic E-state index is 13.0. The summed E-state index contributed by atoms with van der Waals surface area (Å²) in [5.74, 6) is 0.332. The van der Waals surface area contributed by atoms with Crippen LogP contribution < -0.4 is 0 Å². The van der Waals surface area contributed by atoms with Gasteiger partial charge < -0.3 is 0 Å². The van der Waals surface area contributed by atoms with E-state index < -0.39 is 39.6 Å². The fourth-order valence-electron chi connectivity index (χ4n) is 4.48. The van der Waals surface area contributed by atoms with E-state index in [1.165, 1.54) is 13.3 Å². The molecule has 3 heterocycles. The Hall–Kier alpha value is 1.02. The Morgan fingerprint density at radius 3 is 1.88 bits per heavy atom. The van der Waals surface area contributed by atoms with Crippen molar-refractivity contribution in [2.24, 2.45) is 5.92 Å². The second-order valence-electron chi connectivity index (χ2n) is 9.39. The van der Waals surface area contributed by atoms with Crippen LogP contribution in [0.4, 0.5) is 0 Å². The molecule has 0 saturated carbocycles. The standard InChI is InChI=1S/C20H37O10P2.Bi/c1-13-8-14(2)28-19(13)11-25-31(4,22)29-16-6-7-24-20(16)12-26-32(5,23)30-17-9-15(3)27-18(17)10-21;/h7,13-21H,6,8-12H2,1-5H3;. The number of ether oxygens (including phenoxy) is 3. The molecule has 11 unspecified atom stereocenters. The molecule has 13 heteroatoms. The minimum absolute atomic E-state index is 0.0253. The van der Waals surface area contributed by atoms with E-state index in [1.54, 1.807) is 0 Å². The SMILES string of the molecule is CC1CC(C)C(COP(C)(=O)OC2C[CH]([Bi])OC2COP(C)(=O)OC2CC(C)OC2CO)O1. The van der Waals surface area contributed by atoms with Crippen molar-refractivity contribution in [3.05, 3.63) is 0 Å². The number of hydrogen-bond donors (Lipinski definition) is 1. The van der Waals surface area contributed by atoms with Crippen LogP contribution in [0.5, 0.6) is 0 Å². The molecule has 0 spiro atoms. The number of rotatable bonds is 11. The van der Waals surface area contributed by atoms with Gasteiger partial charge in [0.05, 0.1) is 0 Å². The first-order chi connectivity index (χ1) is 15.4. The minimum atomic E-state index is -3.44. The predicted octanol–water partition coefficient (Wildman–Crippen LogP) is 2.70. The molecule has 11 atom stereocenters. The molecule has 192 valence electrons. The van der Waals surface area contributed by atoms with Crippen molar-refractivity contribution >= 4 is 39.9 Å². The Balaban J connectivity index is 1.50. The van der Waals surface area contributed by atoms with Crippen molar-refractivity contribution in [3.63, 3.8) is 0 Å². The normalized spacial score (nSPS) is 42.9. The first kappa shape index (κ1) is 28.6. The van der Waals surface area contributed by atoms with Gasteiger partial charge in [0.2, 0.25) is 0 Å². The Bertz CT molecular complexity index is 742. The van der Waals surface area contributed by atoms with Crippen LogP contribution in [0.3, 0.4) is 0 Å². The molecule has 3 aliphatic heterocycles. The number of aliphatic hydroxyl groups excluding tert-OH is 1. The summed E-state index contributed by atoms with van der Waals surface area (Å²) in [7, 11) is -6.80. The van der Waals surface area contributed by atoms with Gasteiger partial charge in [0.15, 0.2) is 0 Å². The van der Waals surface area contributed by atoms with Crippen molar-refractivity contribution in [3.8, 4) is 0 Å². The van der Waals surface area contributed by atoms with E-state index >= 15 is 0 Å². The molecule has 3 rings (SSSR count). The van der Waals surface area contributed by atoms with Crippen molar-refractivity contribution in [1.29, 1.82) is 0 Å². The molecule has 10 nitrogen and oxygen atoms in total. The van der Waals surface area contributed by atoms with Crippen LogP contribution >= 0.6 is 15.2 Å². The number of hydrogen-bond acceptors (Lipinski definition) is 10. The van der Waals surface area contributed by atoms with Crippen LogP contribution in [-0.4, -0.2) is 110 Å². The molecule has 33 heavy (non-hydrogen) atoms. The van der Waals surface area contributed by atoms with Gasteiger partial charge in [-0.05, 0) is 0 Å². The topological polar surface area (TPSA) is 119 Å². The van der Waals surface area contributed by atoms with Gasteiger partial charge in [-0.25, -0.2) is 0 Å². The Labute approximate surface area is 211 Å². The maximum atomic E-state index is 13.0. The predicted molar refractivity (Wildman–Crippen MR) is 122 cm³/mol. The van der Waals surface area contributed by atoms with Crippen LogP contribution in [0.2, 0.25) is 0 Å². The Morgan fingerprint density at radius 2 is 1.33 bits per heavy atom. The molecule has 1 N–H and O–H groups in total. The summed E-state index contributed by atoms with van der Waals surface area (Å²) in [5.41, 5.74) is 0. The molecular formula is C20H37BiO10P2. The van der Waals surface area contributed by atoms with Gasteiger partial charge in [-0.1, -0.05) is 0 Å². The molecule has 0 aromatic rings. The Kier molecular flexibility index (Phi) is 10.4. The van der Waals surface area contributed by atoms with Crippen molar-refractivity contribution in [2.75, 3.05) is 33.2 Å². The molecule has 0 aromatic heterocycles. The fraction of sp³-hybridized carbons (Fsp3) is 1.00. The first-order valence-electron chi connectivity index (χ1n) is 11.4. The first-order valence-corrected chi connectivity index (χ1v) is 17.4. The average Bonchev–Trinajstić information content (AvgIpc) is 3.33. The van der Waals surface area contributed by atoms with E-state index in [4.69, 9.17) is 32.3 Å². The summed E-state index contributed by atoms with van der Waals surface area (Å²) in [6.07, 6.45) is -0.0687. The van der Waals surface area contributed by atoms with Crippen LogP contribution in [0, 0.1) is 5.92 Å². The second kappa shape index (κ2) is 12.0. The van der Waals surface area contributed by atoms with Gasteiger partial charge in [-0.3, -0.25) is 0 Å². The molecule has 2 radical (unpaired) electrons. The molecule has 0 bridgehead atoms.